The number of amides is 2. The van der Waals surface area contributed by atoms with E-state index < -0.39 is 0 Å². The van der Waals surface area contributed by atoms with Crippen molar-refractivity contribution in [2.45, 2.75) is 77.6 Å². The first-order valence-corrected chi connectivity index (χ1v) is 13.1. The molecule has 5 rings (SSSR count). The van der Waals surface area contributed by atoms with Gasteiger partial charge in [0.25, 0.3) is 5.91 Å². The quantitative estimate of drug-likeness (QED) is 0.612. The monoisotopic (exact) mass is 490 g/mol. The molecule has 7 heteroatoms. The van der Waals surface area contributed by atoms with E-state index in [0.717, 1.165) is 49.3 Å². The van der Waals surface area contributed by atoms with Crippen LogP contribution in [0.15, 0.2) is 54.1 Å². The van der Waals surface area contributed by atoms with Crippen molar-refractivity contribution < 1.29 is 14.3 Å². The third kappa shape index (κ3) is 4.88. The molecule has 2 aromatic rings. The highest BCUT2D eigenvalue weighted by Crippen LogP contribution is 2.35. The SMILES string of the molecule is CC(C)C[C@H]1C(OC(C)(C)C)=CC(=O)N1[C@H]1CCN(C2=CC(=O)N[C@H]2Cc2c[nH]c3ccccc23)C1. The van der Waals surface area contributed by atoms with E-state index in [1.165, 1.54) is 10.9 Å². The van der Waals surface area contributed by atoms with Crippen LogP contribution in [-0.2, 0) is 20.7 Å². The second kappa shape index (κ2) is 9.34. The van der Waals surface area contributed by atoms with Gasteiger partial charge in [-0.2, -0.15) is 0 Å². The molecule has 36 heavy (non-hydrogen) atoms. The minimum Gasteiger partial charge on any atom is -0.490 e. The van der Waals surface area contributed by atoms with Gasteiger partial charge < -0.3 is 24.8 Å². The first-order valence-electron chi connectivity index (χ1n) is 13.1. The molecular weight excluding hydrogens is 452 g/mol. The molecular formula is C29H38N4O3. The van der Waals surface area contributed by atoms with Crippen LogP contribution in [-0.4, -0.2) is 63.4 Å². The van der Waals surface area contributed by atoms with Gasteiger partial charge in [0.2, 0.25) is 5.91 Å². The topological polar surface area (TPSA) is 77.7 Å². The minimum absolute atomic E-state index is 0.0386. The zero-order chi connectivity index (χ0) is 25.6. The predicted octanol–water partition coefficient (Wildman–Crippen LogP) is 4.12. The van der Waals surface area contributed by atoms with Gasteiger partial charge in [-0.25, -0.2) is 0 Å². The van der Waals surface area contributed by atoms with Gasteiger partial charge in [-0.05, 0) is 51.2 Å². The molecule has 3 aliphatic rings. The average Bonchev–Trinajstić information content (AvgIpc) is 3.55. The van der Waals surface area contributed by atoms with Crippen molar-refractivity contribution in [3.05, 3.63) is 59.6 Å². The van der Waals surface area contributed by atoms with Gasteiger partial charge in [-0.1, -0.05) is 32.0 Å². The van der Waals surface area contributed by atoms with E-state index in [0.29, 0.717) is 5.92 Å². The summed E-state index contributed by atoms with van der Waals surface area (Å²) in [6.45, 7) is 12.0. The van der Waals surface area contributed by atoms with Crippen LogP contribution in [0, 0.1) is 5.92 Å². The minimum atomic E-state index is -0.352. The molecule has 2 N–H and O–H groups in total. The molecule has 0 radical (unpaired) electrons. The Bertz CT molecular complexity index is 1220. The Hall–Kier alpha value is -3.22. The van der Waals surface area contributed by atoms with E-state index in [9.17, 15) is 9.59 Å². The Balaban J connectivity index is 1.32. The highest BCUT2D eigenvalue weighted by atomic mass is 16.5. The number of aromatic nitrogens is 1. The molecule has 1 saturated heterocycles. The maximum Gasteiger partial charge on any atom is 0.250 e. The van der Waals surface area contributed by atoms with Crippen LogP contribution in [0.25, 0.3) is 10.9 Å². The summed E-state index contributed by atoms with van der Waals surface area (Å²) in [5.41, 5.74) is 2.97. The molecule has 3 atom stereocenters. The fourth-order valence-electron chi connectivity index (χ4n) is 5.86. The molecule has 1 aromatic heterocycles. The number of carbonyl (C=O) groups excluding carboxylic acids is 2. The van der Waals surface area contributed by atoms with E-state index in [4.69, 9.17) is 4.74 Å². The van der Waals surface area contributed by atoms with Crippen LogP contribution in [0.2, 0.25) is 0 Å². The summed E-state index contributed by atoms with van der Waals surface area (Å²) < 4.78 is 6.24. The van der Waals surface area contributed by atoms with Crippen LogP contribution < -0.4 is 5.32 Å². The van der Waals surface area contributed by atoms with Crippen molar-refractivity contribution in [2.75, 3.05) is 13.1 Å². The van der Waals surface area contributed by atoms with Gasteiger partial charge in [0.15, 0.2) is 0 Å². The summed E-state index contributed by atoms with van der Waals surface area (Å²) in [5, 5.41) is 4.34. The lowest BCUT2D eigenvalue weighted by molar-refractivity contribution is -0.129. The van der Waals surface area contributed by atoms with Crippen LogP contribution in [0.4, 0.5) is 0 Å². The highest BCUT2D eigenvalue weighted by Gasteiger charge is 2.43. The Labute approximate surface area is 213 Å². The lowest BCUT2D eigenvalue weighted by Gasteiger charge is -2.35. The Kier molecular flexibility index (Phi) is 6.35. The Morgan fingerprint density at radius 3 is 2.67 bits per heavy atom. The van der Waals surface area contributed by atoms with Gasteiger partial charge in [0.1, 0.15) is 11.4 Å². The van der Waals surface area contributed by atoms with Crippen molar-refractivity contribution in [1.29, 1.82) is 0 Å². The van der Waals surface area contributed by atoms with Crippen molar-refractivity contribution >= 4 is 22.7 Å². The van der Waals surface area contributed by atoms with E-state index in [-0.39, 0.29) is 35.5 Å². The summed E-state index contributed by atoms with van der Waals surface area (Å²) in [5.74, 6) is 1.22. The molecule has 0 unspecified atom stereocenters. The number of hydrogen-bond donors (Lipinski definition) is 2. The molecule has 1 fully saturated rings. The third-order valence-electron chi connectivity index (χ3n) is 7.28. The number of rotatable bonds is 7. The highest BCUT2D eigenvalue weighted by molar-refractivity contribution is 5.93. The molecule has 0 bridgehead atoms. The number of para-hydroxylation sites is 1. The van der Waals surface area contributed by atoms with Crippen molar-refractivity contribution in [3.8, 4) is 0 Å². The normalized spacial score (nSPS) is 24.7. The molecule has 1 aromatic carbocycles. The summed E-state index contributed by atoms with van der Waals surface area (Å²) in [6.07, 6.45) is 7.96. The summed E-state index contributed by atoms with van der Waals surface area (Å²) in [7, 11) is 0. The molecule has 3 aliphatic heterocycles. The van der Waals surface area contributed by atoms with Gasteiger partial charge in [-0.3, -0.25) is 9.59 Å². The number of H-pyrrole nitrogens is 1. The van der Waals surface area contributed by atoms with E-state index >= 15 is 0 Å². The fourth-order valence-corrected chi connectivity index (χ4v) is 5.86. The molecule has 4 heterocycles. The standard InChI is InChI=1S/C29H38N4O3/c1-18(2)12-25-26(36-29(3,4)5)15-28(35)33(25)20-10-11-32(17-20)24-14-27(34)31-23(24)13-19-16-30-22-9-7-6-8-21(19)22/h6-9,14-16,18,20,23,25,30H,10-13,17H2,1-5H3,(H,31,34)/t20-,23-,25-/m0/s1. The van der Waals surface area contributed by atoms with Gasteiger partial charge in [-0.15, -0.1) is 0 Å². The average molecular weight is 491 g/mol. The van der Waals surface area contributed by atoms with E-state index in [2.05, 4.69) is 41.2 Å². The maximum atomic E-state index is 13.2. The van der Waals surface area contributed by atoms with E-state index in [1.54, 1.807) is 12.2 Å². The molecule has 7 nitrogen and oxygen atoms in total. The van der Waals surface area contributed by atoms with Crippen molar-refractivity contribution in [2.24, 2.45) is 5.92 Å². The molecule has 0 saturated carbocycles. The second-order valence-corrected chi connectivity index (χ2v) is 11.7. The van der Waals surface area contributed by atoms with Crippen molar-refractivity contribution in [3.63, 3.8) is 0 Å². The van der Waals surface area contributed by atoms with E-state index in [1.807, 2.05) is 44.0 Å². The number of carbonyl (C=O) groups is 2. The Morgan fingerprint density at radius 2 is 1.92 bits per heavy atom. The van der Waals surface area contributed by atoms with Crippen LogP contribution in [0.5, 0.6) is 0 Å². The number of benzene rings is 1. The molecule has 0 spiro atoms. The molecule has 2 amide bonds. The number of likely N-dealkylation sites (tertiary alicyclic amines) is 1. The lowest BCUT2D eigenvalue weighted by Crippen LogP contribution is -2.46. The smallest absolute Gasteiger partial charge is 0.250 e. The second-order valence-electron chi connectivity index (χ2n) is 11.7. The van der Waals surface area contributed by atoms with Gasteiger partial charge in [0, 0.05) is 54.5 Å². The van der Waals surface area contributed by atoms with Crippen LogP contribution in [0.1, 0.15) is 53.0 Å². The van der Waals surface area contributed by atoms with Gasteiger partial charge in [0.05, 0.1) is 18.1 Å². The first kappa shape index (κ1) is 24.5. The zero-order valence-corrected chi connectivity index (χ0v) is 22.0. The fraction of sp³-hybridized carbons (Fsp3) is 0.517. The van der Waals surface area contributed by atoms with Crippen molar-refractivity contribution in [1.82, 2.24) is 20.1 Å². The number of nitrogens with zero attached hydrogens (tertiary/aromatic N) is 2. The predicted molar refractivity (Wildman–Crippen MR) is 141 cm³/mol. The van der Waals surface area contributed by atoms with Crippen LogP contribution >= 0.6 is 0 Å². The van der Waals surface area contributed by atoms with Crippen LogP contribution in [0.3, 0.4) is 0 Å². The largest absolute Gasteiger partial charge is 0.490 e. The Morgan fingerprint density at radius 1 is 1.14 bits per heavy atom. The number of fused-ring (bicyclic) bond motifs is 1. The lowest BCUT2D eigenvalue weighted by atomic mass is 10.0. The summed E-state index contributed by atoms with van der Waals surface area (Å²) >= 11 is 0. The number of ether oxygens (including phenoxy) is 1. The first-order chi connectivity index (χ1) is 17.1. The summed E-state index contributed by atoms with van der Waals surface area (Å²) in [4.78, 5) is 33.3. The maximum absolute atomic E-state index is 13.2. The number of nitrogens with one attached hydrogen (secondary N) is 2. The third-order valence-corrected chi connectivity index (χ3v) is 7.28. The zero-order valence-electron chi connectivity index (χ0n) is 22.0. The number of aromatic amines is 1. The van der Waals surface area contributed by atoms with Gasteiger partial charge >= 0.3 is 0 Å². The molecule has 192 valence electrons. The molecule has 0 aliphatic carbocycles. The summed E-state index contributed by atoms with van der Waals surface area (Å²) in [6, 6.07) is 8.22. The number of hydrogen-bond acceptors (Lipinski definition) is 4.